The van der Waals surface area contributed by atoms with Crippen LogP contribution in [0.5, 0.6) is 0 Å². The summed E-state index contributed by atoms with van der Waals surface area (Å²) >= 11 is 0. The summed E-state index contributed by atoms with van der Waals surface area (Å²) in [5.41, 5.74) is -0.0424. The number of pyridine rings is 1. The van der Waals surface area contributed by atoms with E-state index in [4.69, 9.17) is 5.11 Å². The minimum Gasteiger partial charge on any atom is -0.478 e. The molecule has 27 heavy (non-hydrogen) atoms. The average Bonchev–Trinajstić information content (AvgIpc) is 2.56. The van der Waals surface area contributed by atoms with E-state index in [1.807, 2.05) is 26.0 Å². The molecule has 1 aromatic heterocycles. The summed E-state index contributed by atoms with van der Waals surface area (Å²) in [4.78, 5) is 48.8. The van der Waals surface area contributed by atoms with Crippen LogP contribution >= 0.6 is 0 Å². The maximum atomic E-state index is 12.1. The normalized spacial score (nSPS) is 11.7. The van der Waals surface area contributed by atoms with Gasteiger partial charge in [-0.05, 0) is 24.8 Å². The van der Waals surface area contributed by atoms with E-state index in [1.54, 1.807) is 12.2 Å². The number of aromatic amines is 1. The van der Waals surface area contributed by atoms with E-state index in [-0.39, 0.29) is 17.9 Å². The van der Waals surface area contributed by atoms with Crippen molar-refractivity contribution in [3.05, 3.63) is 64.1 Å². The van der Waals surface area contributed by atoms with E-state index in [9.17, 15) is 19.2 Å². The molecule has 0 unspecified atom stereocenters. The first-order valence-corrected chi connectivity index (χ1v) is 8.59. The Morgan fingerprint density at radius 2 is 1.89 bits per heavy atom. The van der Waals surface area contributed by atoms with Crippen LogP contribution in [0.4, 0.5) is 0 Å². The van der Waals surface area contributed by atoms with Gasteiger partial charge in [-0.3, -0.25) is 19.7 Å². The second-order valence-electron chi connectivity index (χ2n) is 6.25. The molecule has 1 rings (SSSR count). The lowest BCUT2D eigenvalue weighted by Crippen LogP contribution is -2.34. The Morgan fingerprint density at radius 1 is 1.19 bits per heavy atom. The van der Waals surface area contributed by atoms with Crippen LogP contribution in [0.1, 0.15) is 49.2 Å². The molecular formula is C20H24N2O5. The van der Waals surface area contributed by atoms with E-state index < -0.39 is 23.2 Å². The lowest BCUT2D eigenvalue weighted by atomic mass is 10.1. The van der Waals surface area contributed by atoms with Gasteiger partial charge in [-0.2, -0.15) is 0 Å². The fourth-order valence-corrected chi connectivity index (χ4v) is 2.09. The number of rotatable bonds is 9. The standard InChI is InChI=1S/C20H24N2O5/c1-14(2)11-18(24)22-20(27)16-13-21-15(12-17(16)23)9-7-5-3-4-6-8-10-19(25)26/h4,6-10,12-14H,3,5,11H2,1-2H3,(H,21,23)(H,25,26)(H,22,24,27)/b6-4+,9-7+,10-8+. The quantitative estimate of drug-likeness (QED) is 0.350. The van der Waals surface area contributed by atoms with Crippen LogP contribution < -0.4 is 10.7 Å². The van der Waals surface area contributed by atoms with Crippen molar-refractivity contribution in [3.63, 3.8) is 0 Å². The van der Waals surface area contributed by atoms with Gasteiger partial charge in [-0.1, -0.05) is 38.2 Å². The Labute approximate surface area is 157 Å². The zero-order chi connectivity index (χ0) is 20.2. The first-order valence-electron chi connectivity index (χ1n) is 8.59. The predicted octanol–water partition coefficient (Wildman–Crippen LogP) is 2.67. The number of H-pyrrole nitrogens is 1. The monoisotopic (exact) mass is 372 g/mol. The third-order valence-corrected chi connectivity index (χ3v) is 3.31. The number of carbonyl (C=O) groups is 3. The third kappa shape index (κ3) is 9.15. The van der Waals surface area contributed by atoms with E-state index in [1.165, 1.54) is 18.3 Å². The van der Waals surface area contributed by atoms with E-state index in [2.05, 4.69) is 10.3 Å². The lowest BCUT2D eigenvalue weighted by Gasteiger charge is -2.06. The van der Waals surface area contributed by atoms with Crippen molar-refractivity contribution in [2.45, 2.75) is 33.1 Å². The Balaban J connectivity index is 2.57. The Hall–Kier alpha value is -3.22. The maximum Gasteiger partial charge on any atom is 0.328 e. The van der Waals surface area contributed by atoms with Gasteiger partial charge in [0.05, 0.1) is 0 Å². The molecule has 0 aliphatic carbocycles. The molecular weight excluding hydrogens is 348 g/mol. The summed E-state index contributed by atoms with van der Waals surface area (Å²) in [5.74, 6) is -2.00. The van der Waals surface area contributed by atoms with Crippen molar-refractivity contribution in [3.8, 4) is 0 Å². The molecule has 0 aliphatic rings. The largest absolute Gasteiger partial charge is 0.478 e. The molecule has 0 atom stereocenters. The molecule has 0 saturated carbocycles. The molecule has 0 fully saturated rings. The Morgan fingerprint density at radius 3 is 2.52 bits per heavy atom. The van der Waals surface area contributed by atoms with Crippen LogP contribution in [0.3, 0.4) is 0 Å². The molecule has 0 saturated heterocycles. The lowest BCUT2D eigenvalue weighted by molar-refractivity contribution is -0.131. The van der Waals surface area contributed by atoms with Gasteiger partial charge in [-0.15, -0.1) is 0 Å². The molecule has 1 heterocycles. The molecule has 0 radical (unpaired) electrons. The number of unbranched alkanes of at least 4 members (excludes halogenated alkanes) is 1. The third-order valence-electron chi connectivity index (χ3n) is 3.31. The van der Waals surface area contributed by atoms with Gasteiger partial charge in [0.2, 0.25) is 5.91 Å². The molecule has 0 aromatic carbocycles. The fourth-order valence-electron chi connectivity index (χ4n) is 2.09. The molecule has 7 heteroatoms. The molecule has 3 N–H and O–H groups in total. The number of allylic oxidation sites excluding steroid dienone is 4. The molecule has 0 aliphatic heterocycles. The highest BCUT2D eigenvalue weighted by molar-refractivity contribution is 6.04. The van der Waals surface area contributed by atoms with E-state index in [0.29, 0.717) is 18.5 Å². The number of carboxylic acids is 1. The number of amides is 2. The van der Waals surface area contributed by atoms with Crippen LogP contribution in [0.2, 0.25) is 0 Å². The second-order valence-corrected chi connectivity index (χ2v) is 6.25. The number of imide groups is 1. The minimum atomic E-state index is -0.995. The highest BCUT2D eigenvalue weighted by Crippen LogP contribution is 2.02. The van der Waals surface area contributed by atoms with Crippen molar-refractivity contribution in [1.29, 1.82) is 0 Å². The summed E-state index contributed by atoms with van der Waals surface area (Å²) in [7, 11) is 0. The van der Waals surface area contributed by atoms with Crippen LogP contribution in [0.15, 0.2) is 47.4 Å². The van der Waals surface area contributed by atoms with Gasteiger partial charge >= 0.3 is 5.97 Å². The van der Waals surface area contributed by atoms with Gasteiger partial charge in [0.15, 0.2) is 5.43 Å². The van der Waals surface area contributed by atoms with Gasteiger partial charge in [-0.25, -0.2) is 4.79 Å². The van der Waals surface area contributed by atoms with Gasteiger partial charge in [0.1, 0.15) is 5.56 Å². The number of nitrogens with one attached hydrogen (secondary N) is 2. The van der Waals surface area contributed by atoms with E-state index >= 15 is 0 Å². The first-order chi connectivity index (χ1) is 12.8. The highest BCUT2D eigenvalue weighted by atomic mass is 16.4. The summed E-state index contributed by atoms with van der Waals surface area (Å²) in [6.45, 7) is 3.72. The number of hydrogen-bond acceptors (Lipinski definition) is 4. The van der Waals surface area contributed by atoms with Crippen LogP contribution in [-0.2, 0) is 9.59 Å². The van der Waals surface area contributed by atoms with Crippen LogP contribution in [0.25, 0.3) is 6.08 Å². The number of carboxylic acid groups (broad SMARTS) is 1. The number of carbonyl (C=O) groups excluding carboxylic acids is 2. The summed E-state index contributed by atoms with van der Waals surface area (Å²) in [6.07, 6.45) is 12.4. The minimum absolute atomic E-state index is 0.114. The van der Waals surface area contributed by atoms with Crippen molar-refractivity contribution < 1.29 is 19.5 Å². The average molecular weight is 372 g/mol. The molecule has 2 amide bonds. The Bertz CT molecular complexity index is 816. The summed E-state index contributed by atoms with van der Waals surface area (Å²) < 4.78 is 0. The Kier molecular flexibility index (Phi) is 9.22. The van der Waals surface area contributed by atoms with Crippen molar-refractivity contribution >= 4 is 23.9 Å². The van der Waals surface area contributed by atoms with Crippen molar-refractivity contribution in [2.75, 3.05) is 0 Å². The molecule has 0 spiro atoms. The number of hydrogen-bond donors (Lipinski definition) is 3. The van der Waals surface area contributed by atoms with E-state index in [0.717, 1.165) is 6.08 Å². The van der Waals surface area contributed by atoms with Crippen molar-refractivity contribution in [2.24, 2.45) is 5.92 Å². The van der Waals surface area contributed by atoms with Gasteiger partial charge in [0.25, 0.3) is 5.91 Å². The SMILES string of the molecule is CC(C)CC(=O)NC(=O)c1c[nH]c(/C=C/CC/C=C/C=C/C(=O)O)cc1=O. The smallest absolute Gasteiger partial charge is 0.328 e. The highest BCUT2D eigenvalue weighted by Gasteiger charge is 2.14. The molecule has 144 valence electrons. The topological polar surface area (TPSA) is 116 Å². The fraction of sp³-hybridized carbons (Fsp3) is 0.300. The summed E-state index contributed by atoms with van der Waals surface area (Å²) in [5, 5.41) is 10.6. The molecule has 0 bridgehead atoms. The number of aliphatic carboxylic acids is 1. The zero-order valence-corrected chi connectivity index (χ0v) is 15.4. The van der Waals surface area contributed by atoms with Crippen LogP contribution in [0, 0.1) is 5.92 Å². The zero-order valence-electron chi connectivity index (χ0n) is 15.4. The first kappa shape index (κ1) is 21.8. The number of aromatic nitrogens is 1. The van der Waals surface area contributed by atoms with Crippen molar-refractivity contribution in [1.82, 2.24) is 10.3 Å². The molecule has 1 aromatic rings. The maximum absolute atomic E-state index is 12.1. The van der Waals surface area contributed by atoms with Gasteiger partial charge < -0.3 is 10.1 Å². The second kappa shape index (κ2) is 11.4. The van der Waals surface area contributed by atoms with Crippen LogP contribution in [-0.4, -0.2) is 27.9 Å². The summed E-state index contributed by atoms with van der Waals surface area (Å²) in [6, 6.07) is 1.30. The van der Waals surface area contributed by atoms with Gasteiger partial charge in [0, 0.05) is 30.5 Å². The predicted molar refractivity (Wildman–Crippen MR) is 103 cm³/mol. The molecule has 7 nitrogen and oxygen atoms in total.